The molecule has 0 heterocycles. The SMILES string of the molecule is CSc1c(-c2ccc(-c3ccc4cc(-c5ccccc5)ccc4c3)cc2)c2ccccc2c2ccccc12. The summed E-state index contributed by atoms with van der Waals surface area (Å²) in [5.41, 5.74) is 7.56. The first kappa shape index (κ1) is 22.8. The van der Waals surface area contributed by atoms with Crippen LogP contribution in [0.5, 0.6) is 0 Å². The minimum absolute atomic E-state index is 1.23. The summed E-state index contributed by atoms with van der Waals surface area (Å²) >= 11 is 1.84. The number of hydrogen-bond acceptors (Lipinski definition) is 1. The molecule has 180 valence electrons. The van der Waals surface area contributed by atoms with Gasteiger partial charge in [-0.15, -0.1) is 11.8 Å². The number of rotatable bonds is 4. The second kappa shape index (κ2) is 9.52. The Kier molecular flexibility index (Phi) is 5.72. The third kappa shape index (κ3) is 3.88. The summed E-state index contributed by atoms with van der Waals surface area (Å²) in [6, 6.07) is 50.8. The Morgan fingerprint density at radius 3 is 1.42 bits per heavy atom. The van der Waals surface area contributed by atoms with Gasteiger partial charge in [-0.3, -0.25) is 0 Å². The van der Waals surface area contributed by atoms with E-state index in [1.165, 1.54) is 70.6 Å². The highest BCUT2D eigenvalue weighted by Crippen LogP contribution is 2.43. The van der Waals surface area contributed by atoms with E-state index in [1.54, 1.807) is 0 Å². The quantitative estimate of drug-likeness (QED) is 0.170. The first-order chi connectivity index (χ1) is 18.8. The third-order valence-corrected chi connectivity index (χ3v) is 8.38. The molecule has 1 heteroatoms. The minimum Gasteiger partial charge on any atom is -0.128 e. The summed E-state index contributed by atoms with van der Waals surface area (Å²) in [6.07, 6.45) is 2.19. The van der Waals surface area contributed by atoms with Gasteiger partial charge in [-0.05, 0) is 78.5 Å². The van der Waals surface area contributed by atoms with Crippen LogP contribution in [0.15, 0.2) is 144 Å². The van der Waals surface area contributed by atoms with Gasteiger partial charge < -0.3 is 0 Å². The van der Waals surface area contributed by atoms with Gasteiger partial charge in [0.25, 0.3) is 0 Å². The van der Waals surface area contributed by atoms with Crippen LogP contribution < -0.4 is 0 Å². The minimum atomic E-state index is 1.23. The number of thioether (sulfide) groups is 1. The van der Waals surface area contributed by atoms with Gasteiger partial charge in [0.1, 0.15) is 0 Å². The standard InChI is InChI=1S/C37H26S/c1-38-37-35-14-8-6-12-33(35)32-11-5-7-13-34(32)36(37)27-17-15-26(16-18-27)29-20-22-30-23-28(19-21-31(30)24-29)25-9-3-2-4-10-25/h2-24H,1H3. The molecule has 0 aromatic heterocycles. The Labute approximate surface area is 227 Å². The summed E-state index contributed by atoms with van der Waals surface area (Å²) in [5.74, 6) is 0. The highest BCUT2D eigenvalue weighted by atomic mass is 32.2. The average molecular weight is 503 g/mol. The van der Waals surface area contributed by atoms with E-state index >= 15 is 0 Å². The molecule has 0 N–H and O–H groups in total. The summed E-state index contributed by atoms with van der Waals surface area (Å²) in [4.78, 5) is 1.34. The van der Waals surface area contributed by atoms with Gasteiger partial charge in [-0.25, -0.2) is 0 Å². The topological polar surface area (TPSA) is 0 Å². The normalized spacial score (nSPS) is 11.4. The van der Waals surface area contributed by atoms with Crippen molar-refractivity contribution in [2.24, 2.45) is 0 Å². The fraction of sp³-hybridized carbons (Fsp3) is 0.0270. The molecule has 0 saturated carbocycles. The third-order valence-electron chi connectivity index (χ3n) is 7.54. The van der Waals surface area contributed by atoms with Crippen molar-refractivity contribution in [1.82, 2.24) is 0 Å². The van der Waals surface area contributed by atoms with Crippen LogP contribution in [-0.2, 0) is 0 Å². The van der Waals surface area contributed by atoms with E-state index in [0.717, 1.165) is 0 Å². The van der Waals surface area contributed by atoms with Gasteiger partial charge in [0.15, 0.2) is 0 Å². The highest BCUT2D eigenvalue weighted by Gasteiger charge is 2.15. The van der Waals surface area contributed by atoms with Gasteiger partial charge in [0, 0.05) is 10.5 Å². The molecule has 0 spiro atoms. The molecule has 7 aromatic rings. The Hall–Kier alpha value is -4.33. The monoisotopic (exact) mass is 502 g/mol. The molecule has 0 saturated heterocycles. The zero-order valence-electron chi connectivity index (χ0n) is 21.2. The predicted octanol–water partition coefficient (Wildman–Crippen LogP) is 10.9. The molecule has 0 amide bonds. The average Bonchev–Trinajstić information content (AvgIpc) is 3.00. The molecular formula is C37H26S. The smallest absolute Gasteiger partial charge is 0.0233 e. The Bertz CT molecular complexity index is 1930. The van der Waals surface area contributed by atoms with Crippen molar-refractivity contribution in [2.45, 2.75) is 4.90 Å². The molecule has 0 unspecified atom stereocenters. The van der Waals surface area contributed by atoms with E-state index < -0.39 is 0 Å². The van der Waals surface area contributed by atoms with Crippen LogP contribution in [0.3, 0.4) is 0 Å². The van der Waals surface area contributed by atoms with Crippen molar-refractivity contribution in [3.63, 3.8) is 0 Å². The summed E-state index contributed by atoms with van der Waals surface area (Å²) in [5, 5.41) is 7.78. The van der Waals surface area contributed by atoms with Crippen molar-refractivity contribution in [3.05, 3.63) is 140 Å². The van der Waals surface area contributed by atoms with E-state index in [-0.39, 0.29) is 0 Å². The lowest BCUT2D eigenvalue weighted by Gasteiger charge is -2.17. The maximum Gasteiger partial charge on any atom is 0.0233 e. The van der Waals surface area contributed by atoms with Gasteiger partial charge in [0.05, 0.1) is 0 Å². The van der Waals surface area contributed by atoms with E-state index in [4.69, 9.17) is 0 Å². The lowest BCUT2D eigenvalue weighted by atomic mass is 9.92. The molecule has 7 rings (SSSR count). The largest absolute Gasteiger partial charge is 0.128 e. The number of benzene rings is 7. The lowest BCUT2D eigenvalue weighted by Crippen LogP contribution is -1.89. The van der Waals surface area contributed by atoms with Crippen LogP contribution in [0.2, 0.25) is 0 Å². The first-order valence-corrected chi connectivity index (χ1v) is 14.2. The van der Waals surface area contributed by atoms with Crippen molar-refractivity contribution in [2.75, 3.05) is 6.26 Å². The summed E-state index contributed by atoms with van der Waals surface area (Å²) in [7, 11) is 0. The molecule has 0 aliphatic rings. The molecule has 0 fully saturated rings. The fourth-order valence-electron chi connectivity index (χ4n) is 5.67. The maximum absolute atomic E-state index is 2.30. The maximum atomic E-state index is 2.30. The molecule has 0 nitrogen and oxygen atoms in total. The van der Waals surface area contributed by atoms with Crippen LogP contribution in [0, 0.1) is 0 Å². The lowest BCUT2D eigenvalue weighted by molar-refractivity contribution is 1.54. The van der Waals surface area contributed by atoms with Crippen molar-refractivity contribution < 1.29 is 0 Å². The summed E-state index contributed by atoms with van der Waals surface area (Å²) in [6.45, 7) is 0. The van der Waals surface area contributed by atoms with E-state index in [1.807, 2.05) is 11.8 Å². The molecule has 0 radical (unpaired) electrons. The van der Waals surface area contributed by atoms with Crippen molar-refractivity contribution in [1.29, 1.82) is 0 Å². The predicted molar refractivity (Wildman–Crippen MR) is 167 cm³/mol. The van der Waals surface area contributed by atoms with Crippen LogP contribution in [0.25, 0.3) is 65.7 Å². The first-order valence-electron chi connectivity index (χ1n) is 13.0. The molecule has 0 bridgehead atoms. The number of hydrogen-bond donors (Lipinski definition) is 0. The van der Waals surface area contributed by atoms with Gasteiger partial charge in [-0.2, -0.15) is 0 Å². The van der Waals surface area contributed by atoms with Crippen LogP contribution in [-0.4, -0.2) is 6.26 Å². The van der Waals surface area contributed by atoms with E-state index in [0.29, 0.717) is 0 Å². The zero-order chi connectivity index (χ0) is 25.5. The molecule has 0 aliphatic carbocycles. The molecular weight excluding hydrogens is 476 g/mol. The Morgan fingerprint density at radius 1 is 0.368 bits per heavy atom. The molecule has 0 aliphatic heterocycles. The second-order valence-corrected chi connectivity index (χ2v) is 10.5. The van der Waals surface area contributed by atoms with Crippen molar-refractivity contribution in [3.8, 4) is 33.4 Å². The van der Waals surface area contributed by atoms with E-state index in [2.05, 4.69) is 146 Å². The highest BCUT2D eigenvalue weighted by molar-refractivity contribution is 7.99. The van der Waals surface area contributed by atoms with Crippen LogP contribution in [0.1, 0.15) is 0 Å². The number of fused-ring (bicyclic) bond motifs is 4. The zero-order valence-corrected chi connectivity index (χ0v) is 22.0. The Morgan fingerprint density at radius 2 is 0.816 bits per heavy atom. The van der Waals surface area contributed by atoms with Crippen molar-refractivity contribution >= 4 is 44.1 Å². The summed E-state index contributed by atoms with van der Waals surface area (Å²) < 4.78 is 0. The van der Waals surface area contributed by atoms with Gasteiger partial charge >= 0.3 is 0 Å². The fourth-order valence-corrected chi connectivity index (χ4v) is 6.50. The van der Waals surface area contributed by atoms with Gasteiger partial charge in [0.2, 0.25) is 0 Å². The second-order valence-electron chi connectivity index (χ2n) is 9.72. The van der Waals surface area contributed by atoms with Crippen LogP contribution in [0.4, 0.5) is 0 Å². The molecule has 38 heavy (non-hydrogen) atoms. The van der Waals surface area contributed by atoms with Crippen LogP contribution >= 0.6 is 11.8 Å². The molecule has 0 atom stereocenters. The van der Waals surface area contributed by atoms with Gasteiger partial charge in [-0.1, -0.05) is 127 Å². The molecule has 7 aromatic carbocycles. The van der Waals surface area contributed by atoms with E-state index in [9.17, 15) is 0 Å². The Balaban J connectivity index is 1.30.